The predicted octanol–water partition coefficient (Wildman–Crippen LogP) is 5.95. The lowest BCUT2D eigenvalue weighted by molar-refractivity contribution is -0.147. The Labute approximate surface area is 353 Å². The first-order valence-corrected chi connectivity index (χ1v) is 22.4. The molecule has 0 radical (unpaired) electrons. The summed E-state index contributed by atoms with van der Waals surface area (Å²) in [6.07, 6.45) is 1.91. The van der Waals surface area contributed by atoms with Gasteiger partial charge in [0.2, 0.25) is 23.6 Å². The predicted molar refractivity (Wildman–Crippen MR) is 235 cm³/mol. The van der Waals surface area contributed by atoms with Gasteiger partial charge >= 0.3 is 0 Å². The van der Waals surface area contributed by atoms with Crippen molar-refractivity contribution in [2.24, 2.45) is 23.7 Å². The van der Waals surface area contributed by atoms with Gasteiger partial charge in [-0.25, -0.2) is 0 Å². The minimum atomic E-state index is -0.750. The number of methoxy groups -OCH3 is 2. The van der Waals surface area contributed by atoms with Crippen LogP contribution in [0.5, 0.6) is 0 Å². The summed E-state index contributed by atoms with van der Waals surface area (Å²) in [6.45, 7) is 14.3. The molecule has 3 N–H and O–H groups in total. The summed E-state index contributed by atoms with van der Waals surface area (Å²) < 4.78 is 12.1. The molecule has 1 fully saturated rings. The van der Waals surface area contributed by atoms with Gasteiger partial charge in [-0.15, -0.1) is 0 Å². The smallest absolute Gasteiger partial charge is 0.245 e. The second kappa shape index (κ2) is 24.6. The topological polar surface area (TPSA) is 129 Å². The molecule has 324 valence electrons. The van der Waals surface area contributed by atoms with E-state index in [2.05, 4.69) is 54.1 Å². The van der Waals surface area contributed by atoms with Crippen LogP contribution in [-0.2, 0) is 40.8 Å². The number of likely N-dealkylation sites (tertiary alicyclic amines) is 1. The highest BCUT2D eigenvalue weighted by molar-refractivity contribution is 7.98. The van der Waals surface area contributed by atoms with Crippen LogP contribution in [0.1, 0.15) is 85.3 Å². The number of carbonyl (C=O) groups is 4. The third kappa shape index (κ3) is 13.8. The Hall–Kier alpha value is -3.45. The summed E-state index contributed by atoms with van der Waals surface area (Å²) in [5.41, 5.74) is 2.40. The van der Waals surface area contributed by atoms with Crippen LogP contribution in [0.15, 0.2) is 60.7 Å². The summed E-state index contributed by atoms with van der Waals surface area (Å²) in [6, 6.07) is 18.5. The zero-order valence-electron chi connectivity index (χ0n) is 37.0. The van der Waals surface area contributed by atoms with Crippen LogP contribution >= 0.6 is 11.8 Å². The van der Waals surface area contributed by atoms with Crippen LogP contribution in [0.3, 0.4) is 0 Å². The fourth-order valence-corrected chi connectivity index (χ4v) is 9.36. The Morgan fingerprint density at radius 1 is 0.845 bits per heavy atom. The van der Waals surface area contributed by atoms with Gasteiger partial charge in [-0.1, -0.05) is 116 Å². The first-order chi connectivity index (χ1) is 27.7. The van der Waals surface area contributed by atoms with Crippen LogP contribution in [0, 0.1) is 23.7 Å². The Morgan fingerprint density at radius 3 is 1.98 bits per heavy atom. The maximum absolute atomic E-state index is 14.3. The standard InChI is InChI=1S/C46H73N5O6S/c1-12-32(6)42(50(9)46(55)41(31(4)5)49-45(54)40(47-8)30(2)3)38(56-10)27-39(52)51-25-19-24-37(51)43(57-11)33(7)44(53)48-36(26-34-20-15-13-16-21-34)29-58-28-35-22-17-14-18-23-35/h13-18,20-23,30-33,36-38,40-43,47H,12,19,24-29H2,1-11H3,(H,48,53)(H,49,54)/t32-,33+,36-,37-,38+,40-,41-,42-,43+/m0/s1. The van der Waals surface area contributed by atoms with E-state index >= 15 is 0 Å². The van der Waals surface area contributed by atoms with E-state index in [0.717, 1.165) is 29.9 Å². The number of rotatable bonds is 24. The van der Waals surface area contributed by atoms with Gasteiger partial charge in [0.1, 0.15) is 6.04 Å². The summed E-state index contributed by atoms with van der Waals surface area (Å²) >= 11 is 1.80. The molecule has 2 aromatic carbocycles. The first kappa shape index (κ1) is 48.9. The van der Waals surface area contributed by atoms with Crippen molar-refractivity contribution in [1.82, 2.24) is 25.8 Å². The zero-order chi connectivity index (χ0) is 42.9. The molecule has 1 saturated heterocycles. The van der Waals surface area contributed by atoms with Crippen molar-refractivity contribution in [2.45, 2.75) is 129 Å². The molecule has 0 unspecified atom stereocenters. The van der Waals surface area contributed by atoms with Gasteiger partial charge in [-0.05, 0) is 55.2 Å². The fraction of sp³-hybridized carbons (Fsp3) is 0.652. The maximum Gasteiger partial charge on any atom is 0.245 e. The van der Waals surface area contributed by atoms with E-state index < -0.39 is 36.3 Å². The van der Waals surface area contributed by atoms with Crippen LogP contribution in [0.25, 0.3) is 0 Å². The van der Waals surface area contributed by atoms with E-state index in [4.69, 9.17) is 9.47 Å². The Bertz CT molecular complexity index is 1550. The van der Waals surface area contributed by atoms with Crippen molar-refractivity contribution in [2.75, 3.05) is 40.6 Å². The molecule has 3 rings (SSSR count). The van der Waals surface area contributed by atoms with Gasteiger partial charge in [-0.2, -0.15) is 11.8 Å². The van der Waals surface area contributed by atoms with Crippen molar-refractivity contribution in [3.8, 4) is 0 Å². The number of hydrogen-bond donors (Lipinski definition) is 3. The SMILES string of the molecule is CC[C@H](C)[C@@H]([C@@H](CC(=O)N1CCC[C@H]1[C@H](OC)[C@@H](C)C(=O)N[C@H](CSCc1ccccc1)Cc1ccccc1)OC)N(C)C(=O)[C@@H](NC(=O)[C@@H](NC)C(C)C)C(C)C. The summed E-state index contributed by atoms with van der Waals surface area (Å²) in [5.74, 6) is 0.321. The van der Waals surface area contributed by atoms with E-state index in [1.165, 1.54) is 5.56 Å². The van der Waals surface area contributed by atoms with Crippen LogP contribution in [-0.4, -0.2) is 116 Å². The lowest BCUT2D eigenvalue weighted by Gasteiger charge is -2.41. The molecule has 12 heteroatoms. The molecule has 0 spiro atoms. The molecule has 0 bridgehead atoms. The van der Waals surface area contributed by atoms with Gasteiger partial charge in [0.15, 0.2) is 0 Å². The monoisotopic (exact) mass is 824 g/mol. The third-order valence-electron chi connectivity index (χ3n) is 11.9. The first-order valence-electron chi connectivity index (χ1n) is 21.2. The van der Waals surface area contributed by atoms with Crippen molar-refractivity contribution in [3.05, 3.63) is 71.8 Å². The highest BCUT2D eigenvalue weighted by atomic mass is 32.2. The number of benzene rings is 2. The van der Waals surface area contributed by atoms with Crippen LogP contribution < -0.4 is 16.0 Å². The summed E-state index contributed by atoms with van der Waals surface area (Å²) in [5, 5.41) is 9.42. The normalized spacial score (nSPS) is 18.5. The van der Waals surface area contributed by atoms with Crippen molar-refractivity contribution in [3.63, 3.8) is 0 Å². The Balaban J connectivity index is 1.76. The number of nitrogens with one attached hydrogen (secondary N) is 3. The molecule has 1 aliphatic rings. The van der Waals surface area contributed by atoms with E-state index in [1.807, 2.05) is 75.9 Å². The van der Waals surface area contributed by atoms with Crippen molar-refractivity contribution < 1.29 is 28.7 Å². The number of amides is 4. The number of ether oxygens (including phenoxy) is 2. The average molecular weight is 824 g/mol. The molecular weight excluding hydrogens is 751 g/mol. The number of carbonyl (C=O) groups excluding carboxylic acids is 4. The minimum Gasteiger partial charge on any atom is -0.379 e. The van der Waals surface area contributed by atoms with Gasteiger partial charge < -0.3 is 35.2 Å². The van der Waals surface area contributed by atoms with Crippen molar-refractivity contribution >= 4 is 35.4 Å². The Kier molecular flexibility index (Phi) is 20.7. The molecule has 0 saturated carbocycles. The average Bonchev–Trinajstić information content (AvgIpc) is 3.70. The van der Waals surface area contributed by atoms with Gasteiger partial charge in [0, 0.05) is 45.4 Å². The Morgan fingerprint density at radius 2 is 1.45 bits per heavy atom. The number of hydrogen-bond acceptors (Lipinski definition) is 8. The van der Waals surface area contributed by atoms with Crippen LogP contribution in [0.2, 0.25) is 0 Å². The highest BCUT2D eigenvalue weighted by Crippen LogP contribution is 2.30. The second-order valence-corrected chi connectivity index (χ2v) is 17.8. The van der Waals surface area contributed by atoms with E-state index in [1.54, 1.807) is 45.0 Å². The molecule has 11 nitrogen and oxygen atoms in total. The van der Waals surface area contributed by atoms with E-state index in [-0.39, 0.29) is 59.9 Å². The quantitative estimate of drug-likeness (QED) is 0.119. The summed E-state index contributed by atoms with van der Waals surface area (Å²) in [4.78, 5) is 59.4. The number of nitrogens with zero attached hydrogens (tertiary/aromatic N) is 2. The molecule has 1 aliphatic heterocycles. The van der Waals surface area contributed by atoms with Gasteiger partial charge in [-0.3, -0.25) is 19.2 Å². The summed E-state index contributed by atoms with van der Waals surface area (Å²) in [7, 11) is 6.70. The van der Waals surface area contributed by atoms with Crippen molar-refractivity contribution in [1.29, 1.82) is 0 Å². The zero-order valence-corrected chi connectivity index (χ0v) is 37.8. The number of thioether (sulfide) groups is 1. The molecule has 0 aromatic heterocycles. The van der Waals surface area contributed by atoms with Crippen LogP contribution in [0.4, 0.5) is 0 Å². The third-order valence-corrected chi connectivity index (χ3v) is 13.0. The minimum absolute atomic E-state index is 0.00422. The molecule has 4 amide bonds. The lowest BCUT2D eigenvalue weighted by atomic mass is 9.89. The molecule has 0 aliphatic carbocycles. The lowest BCUT2D eigenvalue weighted by Crippen LogP contribution is -2.59. The molecule has 2 aromatic rings. The molecule has 1 heterocycles. The van der Waals surface area contributed by atoms with Gasteiger partial charge in [0.25, 0.3) is 0 Å². The largest absolute Gasteiger partial charge is 0.379 e. The fourth-order valence-electron chi connectivity index (χ4n) is 8.33. The maximum atomic E-state index is 14.3. The molecule has 58 heavy (non-hydrogen) atoms. The van der Waals surface area contributed by atoms with Gasteiger partial charge in [0.05, 0.1) is 42.7 Å². The van der Waals surface area contributed by atoms with E-state index in [9.17, 15) is 19.2 Å². The number of likely N-dealkylation sites (N-methyl/N-ethyl adjacent to an activating group) is 2. The molecule has 9 atom stereocenters. The second-order valence-electron chi connectivity index (χ2n) is 16.7. The molecular formula is C46H73N5O6S. The van der Waals surface area contributed by atoms with E-state index in [0.29, 0.717) is 19.4 Å². The highest BCUT2D eigenvalue weighted by Gasteiger charge is 2.43.